The van der Waals surface area contributed by atoms with Crippen LogP contribution in [0, 0.1) is 12.8 Å². The molecule has 0 unspecified atom stereocenters. The third-order valence-electron chi connectivity index (χ3n) is 3.06. The molecule has 2 N–H and O–H groups in total. The minimum Gasteiger partial charge on any atom is -0.312 e. The van der Waals surface area contributed by atoms with Crippen molar-refractivity contribution in [1.29, 1.82) is 0 Å². The predicted molar refractivity (Wildman–Crippen MR) is 74.3 cm³/mol. The molecule has 0 spiro atoms. The van der Waals surface area contributed by atoms with Crippen LogP contribution in [0.4, 0.5) is 0 Å². The Kier molecular flexibility index (Phi) is 4.42. The van der Waals surface area contributed by atoms with E-state index in [0.717, 1.165) is 36.4 Å². The van der Waals surface area contributed by atoms with Crippen molar-refractivity contribution in [3.05, 3.63) is 16.5 Å². The maximum Gasteiger partial charge on any atom is 0.250 e. The summed E-state index contributed by atoms with van der Waals surface area (Å²) in [6.45, 7) is 6.22. The van der Waals surface area contributed by atoms with E-state index in [0.29, 0.717) is 16.7 Å². The van der Waals surface area contributed by atoms with Crippen LogP contribution in [0.5, 0.6) is 0 Å². The Labute approximate surface area is 113 Å². The first-order valence-corrected chi connectivity index (χ1v) is 8.62. The first-order valence-electron chi connectivity index (χ1n) is 6.32. The van der Waals surface area contributed by atoms with Gasteiger partial charge in [-0.15, -0.1) is 11.3 Å². The first-order chi connectivity index (χ1) is 8.53. The van der Waals surface area contributed by atoms with E-state index in [1.165, 1.54) is 11.3 Å². The highest BCUT2D eigenvalue weighted by molar-refractivity contribution is 7.91. The Balaban J connectivity index is 2.06. The first kappa shape index (κ1) is 14.0. The van der Waals surface area contributed by atoms with Crippen LogP contribution in [-0.4, -0.2) is 21.5 Å². The van der Waals surface area contributed by atoms with Crippen LogP contribution in [0.3, 0.4) is 0 Å². The van der Waals surface area contributed by atoms with E-state index in [1.807, 2.05) is 13.8 Å². The lowest BCUT2D eigenvalue weighted by molar-refractivity contribution is 0.579. The fourth-order valence-corrected chi connectivity index (χ4v) is 4.38. The molecule has 1 aliphatic carbocycles. The Morgan fingerprint density at radius 3 is 2.78 bits per heavy atom. The zero-order valence-corrected chi connectivity index (χ0v) is 12.5. The van der Waals surface area contributed by atoms with Crippen molar-refractivity contribution in [3.8, 4) is 0 Å². The lowest BCUT2D eigenvalue weighted by Gasteiger charge is -2.02. The average Bonchev–Trinajstić information content (AvgIpc) is 3.08. The van der Waals surface area contributed by atoms with Gasteiger partial charge in [-0.1, -0.05) is 6.92 Å². The molecule has 4 nitrogen and oxygen atoms in total. The fourth-order valence-electron chi connectivity index (χ4n) is 1.66. The van der Waals surface area contributed by atoms with Gasteiger partial charge in [-0.25, -0.2) is 13.1 Å². The van der Waals surface area contributed by atoms with Gasteiger partial charge in [-0.2, -0.15) is 0 Å². The molecule has 2 rings (SSSR count). The summed E-state index contributed by atoms with van der Waals surface area (Å²) in [5.41, 5.74) is 1.05. The van der Waals surface area contributed by atoms with Gasteiger partial charge < -0.3 is 5.32 Å². The summed E-state index contributed by atoms with van der Waals surface area (Å²) in [4.78, 5) is 1.10. The highest BCUT2D eigenvalue weighted by Crippen LogP contribution is 2.29. The topological polar surface area (TPSA) is 58.2 Å². The van der Waals surface area contributed by atoms with Crippen LogP contribution < -0.4 is 10.0 Å². The molecule has 0 saturated heterocycles. The number of hydrogen-bond donors (Lipinski definition) is 2. The predicted octanol–water partition coefficient (Wildman–Crippen LogP) is 1.85. The SMILES string of the molecule is CCNCc1sc(S(=O)(=O)NCC2CC2)cc1C. The lowest BCUT2D eigenvalue weighted by Crippen LogP contribution is -2.25. The van der Waals surface area contributed by atoms with E-state index >= 15 is 0 Å². The Morgan fingerprint density at radius 1 is 1.44 bits per heavy atom. The van der Waals surface area contributed by atoms with Crippen molar-refractivity contribution in [3.63, 3.8) is 0 Å². The quantitative estimate of drug-likeness (QED) is 0.805. The molecular weight excluding hydrogens is 268 g/mol. The van der Waals surface area contributed by atoms with E-state index in [1.54, 1.807) is 6.07 Å². The Hall–Kier alpha value is -0.430. The molecule has 1 heterocycles. The fraction of sp³-hybridized carbons (Fsp3) is 0.667. The molecule has 1 saturated carbocycles. The summed E-state index contributed by atoms with van der Waals surface area (Å²) in [7, 11) is -3.30. The summed E-state index contributed by atoms with van der Waals surface area (Å²) < 4.78 is 27.3. The van der Waals surface area contributed by atoms with Crippen molar-refractivity contribution in [2.45, 2.75) is 37.4 Å². The van der Waals surface area contributed by atoms with E-state index in [2.05, 4.69) is 10.0 Å². The molecule has 0 amide bonds. The second-order valence-corrected chi connectivity index (χ2v) is 7.88. The third-order valence-corrected chi connectivity index (χ3v) is 6.19. The molecule has 1 fully saturated rings. The highest BCUT2D eigenvalue weighted by atomic mass is 32.2. The number of hydrogen-bond acceptors (Lipinski definition) is 4. The summed E-state index contributed by atoms with van der Waals surface area (Å²) in [6.07, 6.45) is 2.30. The largest absolute Gasteiger partial charge is 0.312 e. The minimum absolute atomic E-state index is 0.438. The number of rotatable bonds is 7. The van der Waals surface area contributed by atoms with Crippen molar-refractivity contribution >= 4 is 21.4 Å². The molecule has 1 aromatic rings. The molecule has 0 aromatic carbocycles. The van der Waals surface area contributed by atoms with E-state index < -0.39 is 10.0 Å². The normalized spacial score (nSPS) is 16.1. The number of nitrogens with one attached hydrogen (secondary N) is 2. The number of thiophene rings is 1. The maximum atomic E-state index is 12.1. The van der Waals surface area contributed by atoms with E-state index in [4.69, 9.17) is 0 Å². The molecule has 1 aromatic heterocycles. The molecule has 0 atom stereocenters. The van der Waals surface area contributed by atoms with Crippen LogP contribution in [-0.2, 0) is 16.6 Å². The molecule has 18 heavy (non-hydrogen) atoms. The van der Waals surface area contributed by atoms with E-state index in [-0.39, 0.29) is 0 Å². The summed E-state index contributed by atoms with van der Waals surface area (Å²) in [5.74, 6) is 0.557. The molecule has 0 aliphatic heterocycles. The van der Waals surface area contributed by atoms with Crippen LogP contribution >= 0.6 is 11.3 Å². The zero-order valence-electron chi connectivity index (χ0n) is 10.8. The zero-order chi connectivity index (χ0) is 13.2. The summed E-state index contributed by atoms with van der Waals surface area (Å²) in [5, 5.41) is 3.23. The van der Waals surface area contributed by atoms with Gasteiger partial charge in [0.25, 0.3) is 0 Å². The van der Waals surface area contributed by atoms with Gasteiger partial charge in [0.05, 0.1) is 0 Å². The van der Waals surface area contributed by atoms with Gasteiger partial charge in [0.15, 0.2) is 0 Å². The monoisotopic (exact) mass is 288 g/mol. The van der Waals surface area contributed by atoms with Crippen LogP contribution in [0.15, 0.2) is 10.3 Å². The molecular formula is C12H20N2O2S2. The van der Waals surface area contributed by atoms with Gasteiger partial charge in [0.2, 0.25) is 10.0 Å². The number of sulfonamides is 1. The number of aryl methyl sites for hydroxylation is 1. The van der Waals surface area contributed by atoms with Gasteiger partial charge >= 0.3 is 0 Å². The Morgan fingerprint density at radius 2 is 2.17 bits per heavy atom. The molecule has 0 bridgehead atoms. The van der Waals surface area contributed by atoms with Crippen LogP contribution in [0.25, 0.3) is 0 Å². The lowest BCUT2D eigenvalue weighted by atomic mass is 10.3. The molecule has 1 aliphatic rings. The van der Waals surface area contributed by atoms with Crippen molar-refractivity contribution in [2.75, 3.05) is 13.1 Å². The second-order valence-electron chi connectivity index (χ2n) is 4.75. The Bertz CT molecular complexity index is 504. The van der Waals surface area contributed by atoms with Crippen molar-refractivity contribution in [2.24, 2.45) is 5.92 Å². The van der Waals surface area contributed by atoms with Gasteiger partial charge in [-0.3, -0.25) is 0 Å². The third kappa shape index (κ3) is 3.54. The second kappa shape index (κ2) is 5.69. The smallest absolute Gasteiger partial charge is 0.250 e. The maximum absolute atomic E-state index is 12.1. The highest BCUT2D eigenvalue weighted by Gasteiger charge is 2.25. The summed E-state index contributed by atoms with van der Waals surface area (Å²) in [6, 6.07) is 1.77. The van der Waals surface area contributed by atoms with E-state index in [9.17, 15) is 8.42 Å². The van der Waals surface area contributed by atoms with Crippen molar-refractivity contribution in [1.82, 2.24) is 10.0 Å². The van der Waals surface area contributed by atoms with Gasteiger partial charge in [0, 0.05) is 18.0 Å². The van der Waals surface area contributed by atoms with Crippen molar-refractivity contribution < 1.29 is 8.42 Å². The minimum atomic E-state index is -3.30. The average molecular weight is 288 g/mol. The van der Waals surface area contributed by atoms with Crippen LogP contribution in [0.1, 0.15) is 30.2 Å². The molecule has 102 valence electrons. The molecule has 6 heteroatoms. The summed E-state index contributed by atoms with van der Waals surface area (Å²) >= 11 is 1.37. The van der Waals surface area contributed by atoms with Gasteiger partial charge in [-0.05, 0) is 43.9 Å². The molecule has 0 radical (unpaired) electrons. The van der Waals surface area contributed by atoms with Crippen LogP contribution in [0.2, 0.25) is 0 Å². The standard InChI is InChI=1S/C12H20N2O2S2/c1-3-13-8-11-9(2)6-12(17-11)18(15,16)14-7-10-4-5-10/h6,10,13-14H,3-5,7-8H2,1-2H3. The van der Waals surface area contributed by atoms with Gasteiger partial charge in [0.1, 0.15) is 4.21 Å².